The highest BCUT2D eigenvalue weighted by molar-refractivity contribution is 5.38. The molecule has 2 heterocycles. The lowest BCUT2D eigenvalue weighted by molar-refractivity contribution is 0.867. The van der Waals surface area contributed by atoms with Crippen LogP contribution in [0.5, 0.6) is 0 Å². The molecule has 0 unspecified atom stereocenters. The molecule has 0 aliphatic carbocycles. The Morgan fingerprint density at radius 2 is 2.46 bits per heavy atom. The summed E-state index contributed by atoms with van der Waals surface area (Å²) in [4.78, 5) is 4.16. The highest BCUT2D eigenvalue weighted by Gasteiger charge is 1.99. The summed E-state index contributed by atoms with van der Waals surface area (Å²) < 4.78 is 1.76. The monoisotopic (exact) mass is 171 g/mol. The summed E-state index contributed by atoms with van der Waals surface area (Å²) in [6.07, 6.45) is 10.3. The normalized spacial score (nSPS) is 10.1. The molecule has 0 atom stereocenters. The van der Waals surface area contributed by atoms with Gasteiger partial charge in [0.05, 0.1) is 5.69 Å². The molecule has 0 aliphatic rings. The molecule has 0 saturated carbocycles. The highest BCUT2D eigenvalue weighted by Crippen LogP contribution is 2.04. The zero-order valence-corrected chi connectivity index (χ0v) is 7.14. The van der Waals surface area contributed by atoms with Crippen LogP contribution in [-0.2, 0) is 6.42 Å². The maximum absolute atomic E-state index is 5.17. The van der Waals surface area contributed by atoms with Gasteiger partial charge in [-0.1, -0.05) is 0 Å². The number of aromatic nitrogens is 3. The third-order valence-corrected chi connectivity index (χ3v) is 1.81. The topological polar surface area (TPSA) is 30.2 Å². The molecule has 0 saturated heterocycles. The zero-order chi connectivity index (χ0) is 9.10. The SMILES string of the molecule is C#CCCc1cc2ncccn2n1. The van der Waals surface area contributed by atoms with Crippen LogP contribution in [0.1, 0.15) is 12.1 Å². The van der Waals surface area contributed by atoms with E-state index in [0.717, 1.165) is 24.2 Å². The lowest BCUT2D eigenvalue weighted by Crippen LogP contribution is -1.88. The van der Waals surface area contributed by atoms with Crippen LogP contribution < -0.4 is 0 Å². The van der Waals surface area contributed by atoms with Crippen LogP contribution >= 0.6 is 0 Å². The van der Waals surface area contributed by atoms with Crippen molar-refractivity contribution in [2.45, 2.75) is 12.8 Å². The van der Waals surface area contributed by atoms with Crippen molar-refractivity contribution in [3.8, 4) is 12.3 Å². The van der Waals surface area contributed by atoms with Gasteiger partial charge in [0.2, 0.25) is 0 Å². The number of rotatable bonds is 2. The molecular weight excluding hydrogens is 162 g/mol. The van der Waals surface area contributed by atoms with Gasteiger partial charge in [0.1, 0.15) is 0 Å². The molecule has 13 heavy (non-hydrogen) atoms. The van der Waals surface area contributed by atoms with Gasteiger partial charge in [-0.3, -0.25) is 0 Å². The van der Waals surface area contributed by atoms with Gasteiger partial charge >= 0.3 is 0 Å². The Balaban J connectivity index is 2.34. The van der Waals surface area contributed by atoms with Crippen molar-refractivity contribution in [2.24, 2.45) is 0 Å². The van der Waals surface area contributed by atoms with E-state index in [1.54, 1.807) is 10.7 Å². The lowest BCUT2D eigenvalue weighted by atomic mass is 10.2. The standard InChI is InChI=1S/C10H9N3/c1-2-3-5-9-8-10-11-6-4-7-13(10)12-9/h1,4,6-8H,3,5H2. The molecule has 0 aliphatic heterocycles. The Hall–Kier alpha value is -1.82. The van der Waals surface area contributed by atoms with Crippen molar-refractivity contribution in [1.29, 1.82) is 0 Å². The van der Waals surface area contributed by atoms with E-state index in [1.165, 1.54) is 0 Å². The molecule has 0 fully saturated rings. The Labute approximate surface area is 76.4 Å². The van der Waals surface area contributed by atoms with Gasteiger partial charge in [0.25, 0.3) is 0 Å². The second kappa shape index (κ2) is 3.28. The summed E-state index contributed by atoms with van der Waals surface area (Å²) in [5, 5.41) is 4.31. The summed E-state index contributed by atoms with van der Waals surface area (Å²) in [6.45, 7) is 0. The van der Waals surface area contributed by atoms with Crippen LogP contribution in [-0.4, -0.2) is 14.6 Å². The summed E-state index contributed by atoms with van der Waals surface area (Å²) in [7, 11) is 0. The van der Waals surface area contributed by atoms with E-state index in [0.29, 0.717) is 0 Å². The molecule has 2 aromatic heterocycles. The van der Waals surface area contributed by atoms with E-state index in [1.807, 2.05) is 18.3 Å². The zero-order valence-electron chi connectivity index (χ0n) is 7.14. The molecular formula is C10H9N3. The predicted octanol–water partition coefficient (Wildman–Crippen LogP) is 1.30. The van der Waals surface area contributed by atoms with Crippen molar-refractivity contribution in [1.82, 2.24) is 14.6 Å². The quantitative estimate of drug-likeness (QED) is 0.637. The second-order valence-electron chi connectivity index (χ2n) is 2.76. The Morgan fingerprint density at radius 1 is 1.54 bits per heavy atom. The van der Waals surface area contributed by atoms with E-state index in [2.05, 4.69) is 16.0 Å². The van der Waals surface area contributed by atoms with Gasteiger partial charge in [-0.2, -0.15) is 5.10 Å². The first-order valence-electron chi connectivity index (χ1n) is 4.13. The van der Waals surface area contributed by atoms with Crippen LogP contribution in [0.15, 0.2) is 24.5 Å². The molecule has 64 valence electrons. The van der Waals surface area contributed by atoms with E-state index in [-0.39, 0.29) is 0 Å². The number of terminal acetylenes is 1. The molecule has 0 bridgehead atoms. The summed E-state index contributed by atoms with van der Waals surface area (Å²) in [6, 6.07) is 3.81. The first-order valence-corrected chi connectivity index (χ1v) is 4.13. The second-order valence-corrected chi connectivity index (χ2v) is 2.76. The van der Waals surface area contributed by atoms with Crippen LogP contribution in [0.2, 0.25) is 0 Å². The average Bonchev–Trinajstić information content (AvgIpc) is 2.57. The third kappa shape index (κ3) is 1.52. The van der Waals surface area contributed by atoms with Gasteiger partial charge in [-0.15, -0.1) is 12.3 Å². The van der Waals surface area contributed by atoms with Crippen LogP contribution in [0.3, 0.4) is 0 Å². The molecule has 0 amide bonds. The van der Waals surface area contributed by atoms with Gasteiger partial charge in [0, 0.05) is 31.3 Å². The number of fused-ring (bicyclic) bond motifs is 1. The number of nitrogens with zero attached hydrogens (tertiary/aromatic N) is 3. The maximum Gasteiger partial charge on any atom is 0.155 e. The number of hydrogen-bond acceptors (Lipinski definition) is 2. The molecule has 0 aromatic carbocycles. The Morgan fingerprint density at radius 3 is 3.23 bits per heavy atom. The number of hydrogen-bond donors (Lipinski definition) is 0. The molecule has 3 nitrogen and oxygen atoms in total. The van der Waals surface area contributed by atoms with Gasteiger partial charge in [0.15, 0.2) is 5.65 Å². The van der Waals surface area contributed by atoms with Crippen molar-refractivity contribution in [3.05, 3.63) is 30.2 Å². The molecule has 0 spiro atoms. The minimum atomic E-state index is 0.726. The average molecular weight is 171 g/mol. The third-order valence-electron chi connectivity index (χ3n) is 1.81. The van der Waals surface area contributed by atoms with Gasteiger partial charge in [-0.25, -0.2) is 9.50 Å². The van der Waals surface area contributed by atoms with E-state index in [9.17, 15) is 0 Å². The van der Waals surface area contributed by atoms with Crippen LogP contribution in [0.4, 0.5) is 0 Å². The van der Waals surface area contributed by atoms with Gasteiger partial charge in [-0.05, 0) is 6.07 Å². The highest BCUT2D eigenvalue weighted by atomic mass is 15.2. The van der Waals surface area contributed by atoms with Crippen molar-refractivity contribution in [2.75, 3.05) is 0 Å². The fourth-order valence-corrected chi connectivity index (χ4v) is 1.20. The first kappa shape index (κ1) is 7.81. The largest absolute Gasteiger partial charge is 0.237 e. The smallest absolute Gasteiger partial charge is 0.155 e. The summed E-state index contributed by atoms with van der Waals surface area (Å²) >= 11 is 0. The molecule has 2 aromatic rings. The summed E-state index contributed by atoms with van der Waals surface area (Å²) in [5.41, 5.74) is 1.87. The fourth-order valence-electron chi connectivity index (χ4n) is 1.20. The Bertz CT molecular complexity index is 417. The van der Waals surface area contributed by atoms with Crippen molar-refractivity contribution < 1.29 is 0 Å². The van der Waals surface area contributed by atoms with E-state index in [4.69, 9.17) is 6.42 Å². The summed E-state index contributed by atoms with van der Waals surface area (Å²) in [5.74, 6) is 2.59. The molecule has 0 N–H and O–H groups in total. The molecule has 2 rings (SSSR count). The fraction of sp³-hybridized carbons (Fsp3) is 0.200. The van der Waals surface area contributed by atoms with Crippen molar-refractivity contribution >= 4 is 5.65 Å². The van der Waals surface area contributed by atoms with Crippen LogP contribution in [0.25, 0.3) is 5.65 Å². The maximum atomic E-state index is 5.17. The van der Waals surface area contributed by atoms with Gasteiger partial charge < -0.3 is 0 Å². The molecule has 0 radical (unpaired) electrons. The first-order chi connectivity index (χ1) is 6.40. The minimum absolute atomic E-state index is 0.726. The van der Waals surface area contributed by atoms with Crippen molar-refractivity contribution in [3.63, 3.8) is 0 Å². The van der Waals surface area contributed by atoms with Crippen LogP contribution in [0, 0.1) is 12.3 Å². The number of aryl methyl sites for hydroxylation is 1. The molecule has 3 heteroatoms. The minimum Gasteiger partial charge on any atom is -0.237 e. The van der Waals surface area contributed by atoms with E-state index >= 15 is 0 Å². The lowest BCUT2D eigenvalue weighted by Gasteiger charge is -1.87. The van der Waals surface area contributed by atoms with E-state index < -0.39 is 0 Å². The Kier molecular flexibility index (Phi) is 1.97. The predicted molar refractivity (Wildman–Crippen MR) is 50.1 cm³/mol.